The second-order valence-corrected chi connectivity index (χ2v) is 0. The smallest absolute Gasteiger partial charge is 0 e. The summed E-state index contributed by atoms with van der Waals surface area (Å²) in [5.41, 5.74) is 0. The summed E-state index contributed by atoms with van der Waals surface area (Å²) in [5.74, 6) is 0. The molecule has 8 N–H and O–H groups in total. The van der Waals surface area contributed by atoms with E-state index in [0.717, 1.165) is 0 Å². The Morgan fingerprint density at radius 2 is 0.500 bits per heavy atom. The van der Waals surface area contributed by atoms with E-state index in [-0.39, 0.29) is 90.7 Å². The molecule has 4 radical (unpaired) electrons. The van der Waals surface area contributed by atoms with Crippen LogP contribution in [0.15, 0.2) is 0 Å². The fraction of sp³-hybridized carbons (Fsp3) is 0. The van der Waals surface area contributed by atoms with Gasteiger partial charge in [0.05, 0.1) is 0 Å². The Hall–Kier alpha value is 2.01. The van der Waals surface area contributed by atoms with Crippen LogP contribution in [0.5, 0.6) is 0 Å². The molecule has 4 nitrogen and oxygen atoms in total. The van der Waals surface area contributed by atoms with E-state index in [1.165, 1.54) is 0 Å². The van der Waals surface area contributed by atoms with Crippen LogP contribution in [0, 0.1) is 0 Å². The molecule has 0 aromatic heterocycles. The predicted octanol–water partition coefficient (Wildman–Crippen LogP) is -4.06. The van der Waals surface area contributed by atoms with Crippen molar-refractivity contribution in [1.29, 1.82) is 0 Å². The fourth-order valence-corrected chi connectivity index (χ4v) is 0. The van der Waals surface area contributed by atoms with E-state index < -0.39 is 0 Å². The van der Waals surface area contributed by atoms with E-state index in [2.05, 4.69) is 0 Å². The van der Waals surface area contributed by atoms with Crippen LogP contribution in [0.3, 0.4) is 0 Å². The summed E-state index contributed by atoms with van der Waals surface area (Å²) in [6, 6.07) is 0. The molecule has 36 valence electrons. The van der Waals surface area contributed by atoms with Gasteiger partial charge in [-0.25, -0.2) is 0 Å². The molecule has 0 fully saturated rings. The van der Waals surface area contributed by atoms with Gasteiger partial charge in [0.1, 0.15) is 0 Å². The van der Waals surface area contributed by atoms with Crippen molar-refractivity contribution in [2.24, 2.45) is 0 Å². The van der Waals surface area contributed by atoms with Crippen molar-refractivity contribution in [2.75, 3.05) is 0 Å². The number of hydrogen-bond acceptors (Lipinski definition) is 0. The first-order valence-electron chi connectivity index (χ1n) is 0. The van der Waals surface area contributed by atoms with E-state index >= 15 is 0 Å². The number of rotatable bonds is 0. The summed E-state index contributed by atoms with van der Waals surface area (Å²) in [5, 5.41) is 0. The standard InChI is InChI=1S/Al.K.4H2O/h;;4*1H2. The molecule has 0 amide bonds. The molecule has 0 unspecified atom stereocenters. The van der Waals surface area contributed by atoms with E-state index in [0.29, 0.717) is 0 Å². The van der Waals surface area contributed by atoms with Crippen LogP contribution in [0.1, 0.15) is 0 Å². The van der Waals surface area contributed by atoms with Gasteiger partial charge in [-0.05, 0) is 0 Å². The largest absolute Gasteiger partial charge is 0.412 e. The maximum Gasteiger partial charge on any atom is 0 e. The monoisotopic (exact) mass is 138 g/mol. The van der Waals surface area contributed by atoms with Gasteiger partial charge < -0.3 is 21.9 Å². The molecule has 0 spiro atoms. The maximum absolute atomic E-state index is 0. The Morgan fingerprint density at radius 3 is 0.500 bits per heavy atom. The fourth-order valence-electron chi connectivity index (χ4n) is 0. The van der Waals surface area contributed by atoms with Gasteiger partial charge in [-0.1, -0.05) is 0 Å². The van der Waals surface area contributed by atoms with Crippen LogP contribution in [-0.4, -0.2) is 90.7 Å². The molecule has 0 aliphatic heterocycles. The molecule has 0 rings (SSSR count). The van der Waals surface area contributed by atoms with E-state index in [9.17, 15) is 0 Å². The topological polar surface area (TPSA) is 126 Å². The molecule has 0 saturated carbocycles. The first-order valence-corrected chi connectivity index (χ1v) is 0. The zero-order valence-corrected chi connectivity index (χ0v) is 7.86. The van der Waals surface area contributed by atoms with Crippen molar-refractivity contribution in [3.05, 3.63) is 0 Å². The second kappa shape index (κ2) is 62.7. The molecule has 0 saturated heterocycles. The third-order valence-electron chi connectivity index (χ3n) is 0. The third kappa shape index (κ3) is 37.4. The molecule has 0 atom stereocenters. The van der Waals surface area contributed by atoms with Crippen molar-refractivity contribution in [3.63, 3.8) is 0 Å². The maximum atomic E-state index is 0. The minimum Gasteiger partial charge on any atom is -0.412 e. The minimum atomic E-state index is 0. The van der Waals surface area contributed by atoms with Gasteiger partial charge in [0.2, 0.25) is 0 Å². The summed E-state index contributed by atoms with van der Waals surface area (Å²) >= 11 is 0. The quantitative estimate of drug-likeness (QED) is 0.302. The van der Waals surface area contributed by atoms with Gasteiger partial charge in [-0.15, -0.1) is 0 Å². The van der Waals surface area contributed by atoms with Crippen molar-refractivity contribution < 1.29 is 21.9 Å². The molecule has 0 bridgehead atoms. The van der Waals surface area contributed by atoms with Gasteiger partial charge in [-0.3, -0.25) is 0 Å². The van der Waals surface area contributed by atoms with Crippen molar-refractivity contribution in [3.8, 4) is 0 Å². The van der Waals surface area contributed by atoms with Crippen molar-refractivity contribution in [1.82, 2.24) is 0 Å². The van der Waals surface area contributed by atoms with Crippen LogP contribution >= 0.6 is 0 Å². The van der Waals surface area contributed by atoms with Crippen LogP contribution < -0.4 is 0 Å². The van der Waals surface area contributed by atoms with Gasteiger partial charge in [0.15, 0.2) is 0 Å². The first kappa shape index (κ1) is 97.5. The average Bonchev–Trinajstić information content (AvgIpc) is 0. The molecule has 6 heteroatoms. The van der Waals surface area contributed by atoms with E-state index in [1.807, 2.05) is 0 Å². The zero-order valence-electron chi connectivity index (χ0n) is 3.58. The van der Waals surface area contributed by atoms with Crippen molar-refractivity contribution >= 4 is 68.7 Å². The average molecular weight is 138 g/mol. The first-order chi connectivity index (χ1) is 0. The summed E-state index contributed by atoms with van der Waals surface area (Å²) in [4.78, 5) is 0. The Balaban J connectivity index is 0. The van der Waals surface area contributed by atoms with E-state index in [1.54, 1.807) is 0 Å². The van der Waals surface area contributed by atoms with Gasteiger partial charge in [0.25, 0.3) is 0 Å². The predicted molar refractivity (Wildman–Crippen MR) is 26.0 cm³/mol. The Labute approximate surface area is 89.1 Å². The summed E-state index contributed by atoms with van der Waals surface area (Å²) in [6.07, 6.45) is 0. The van der Waals surface area contributed by atoms with Gasteiger partial charge >= 0.3 is 0 Å². The molecule has 0 heterocycles. The minimum absolute atomic E-state index is 0. The Bertz CT molecular complexity index is 7.51. The summed E-state index contributed by atoms with van der Waals surface area (Å²) in [7, 11) is 0. The molecular weight excluding hydrogens is 130 g/mol. The van der Waals surface area contributed by atoms with Gasteiger partial charge in [0, 0.05) is 68.7 Å². The molecule has 0 aromatic carbocycles. The van der Waals surface area contributed by atoms with Crippen LogP contribution in [-0.2, 0) is 0 Å². The Kier molecular flexibility index (Phi) is 1020. The second-order valence-electron chi connectivity index (χ2n) is 0. The van der Waals surface area contributed by atoms with E-state index in [4.69, 9.17) is 0 Å². The Morgan fingerprint density at radius 1 is 0.500 bits per heavy atom. The van der Waals surface area contributed by atoms with Crippen LogP contribution in [0.2, 0.25) is 0 Å². The van der Waals surface area contributed by atoms with Gasteiger partial charge in [-0.2, -0.15) is 0 Å². The SMILES string of the molecule is O.O.O.O.[Al].[K]. The third-order valence-corrected chi connectivity index (χ3v) is 0. The molecule has 0 aromatic rings. The van der Waals surface area contributed by atoms with Crippen molar-refractivity contribution in [2.45, 2.75) is 0 Å². The normalized spacial score (nSPS) is 0. The zero-order chi connectivity index (χ0) is 0. The summed E-state index contributed by atoms with van der Waals surface area (Å²) in [6.45, 7) is 0. The molecule has 0 aliphatic rings. The number of hydrogen-bond donors (Lipinski definition) is 0. The molecular formula is H8AlKO4. The molecule has 0 aliphatic carbocycles. The summed E-state index contributed by atoms with van der Waals surface area (Å²) < 4.78 is 0. The molecule has 6 heavy (non-hydrogen) atoms. The van der Waals surface area contributed by atoms with Crippen LogP contribution in [0.4, 0.5) is 0 Å². The van der Waals surface area contributed by atoms with Crippen LogP contribution in [0.25, 0.3) is 0 Å².